The predicted octanol–water partition coefficient (Wildman–Crippen LogP) is 4.21. The molecule has 0 radical (unpaired) electrons. The minimum atomic E-state index is -0.512. The number of hydrogen-bond donors (Lipinski definition) is 1. The Morgan fingerprint density at radius 1 is 0.933 bits per heavy atom. The molecule has 0 unspecified atom stereocenters. The summed E-state index contributed by atoms with van der Waals surface area (Å²) in [4.78, 5) is 24.1. The van der Waals surface area contributed by atoms with E-state index >= 15 is 0 Å². The van der Waals surface area contributed by atoms with E-state index in [4.69, 9.17) is 14.2 Å². The van der Waals surface area contributed by atoms with Crippen molar-refractivity contribution in [2.75, 3.05) is 19.0 Å². The molecule has 0 fully saturated rings. The predicted molar refractivity (Wildman–Crippen MR) is 109 cm³/mol. The molecule has 0 saturated carbocycles. The molecule has 154 valence electrons. The van der Waals surface area contributed by atoms with Crippen LogP contribution in [0.4, 0.5) is 10.1 Å². The first-order valence-electron chi connectivity index (χ1n) is 9.12. The molecule has 0 heterocycles. The first-order chi connectivity index (χ1) is 14.5. The second-order valence-electron chi connectivity index (χ2n) is 6.30. The first kappa shape index (κ1) is 20.9. The van der Waals surface area contributed by atoms with E-state index in [1.165, 1.54) is 12.1 Å². The van der Waals surface area contributed by atoms with Gasteiger partial charge in [0.2, 0.25) is 0 Å². The van der Waals surface area contributed by atoms with Crippen LogP contribution in [0.15, 0.2) is 72.8 Å². The van der Waals surface area contributed by atoms with Crippen LogP contribution in [-0.2, 0) is 16.1 Å². The molecule has 7 heteroatoms. The summed E-state index contributed by atoms with van der Waals surface area (Å²) in [5.74, 6) is -0.119. The summed E-state index contributed by atoms with van der Waals surface area (Å²) in [6, 6.07) is 18.9. The van der Waals surface area contributed by atoms with Gasteiger partial charge < -0.3 is 19.5 Å². The summed E-state index contributed by atoms with van der Waals surface area (Å²) in [6.45, 7) is -0.145. The standard InChI is InChI=1S/C23H20FNO5/c1-28-21-4-2-3-19(13-21)25-22(26)15-29-20-11-7-17(8-12-20)23(27)30-14-16-5-9-18(24)10-6-16/h2-13H,14-15H2,1H3,(H,25,26). The maximum Gasteiger partial charge on any atom is 0.338 e. The van der Waals surface area contributed by atoms with E-state index < -0.39 is 5.97 Å². The molecular weight excluding hydrogens is 389 g/mol. The molecule has 3 aromatic rings. The maximum atomic E-state index is 12.9. The molecule has 6 nitrogen and oxygen atoms in total. The number of rotatable bonds is 8. The lowest BCUT2D eigenvalue weighted by atomic mass is 10.2. The summed E-state index contributed by atoms with van der Waals surface area (Å²) in [5.41, 5.74) is 1.62. The fraction of sp³-hybridized carbons (Fsp3) is 0.130. The highest BCUT2D eigenvalue weighted by atomic mass is 19.1. The van der Waals surface area contributed by atoms with Crippen LogP contribution in [0.2, 0.25) is 0 Å². The number of nitrogens with one attached hydrogen (secondary N) is 1. The van der Waals surface area contributed by atoms with Crippen LogP contribution >= 0.6 is 0 Å². The van der Waals surface area contributed by atoms with Crippen molar-refractivity contribution < 1.29 is 28.2 Å². The van der Waals surface area contributed by atoms with E-state index in [0.717, 1.165) is 0 Å². The molecule has 0 aliphatic heterocycles. The number of carbonyl (C=O) groups excluding carboxylic acids is 2. The van der Waals surface area contributed by atoms with Crippen LogP contribution < -0.4 is 14.8 Å². The van der Waals surface area contributed by atoms with Gasteiger partial charge in [-0.2, -0.15) is 0 Å². The fourth-order valence-corrected chi connectivity index (χ4v) is 2.55. The van der Waals surface area contributed by atoms with E-state index in [0.29, 0.717) is 28.3 Å². The van der Waals surface area contributed by atoms with E-state index in [2.05, 4.69) is 5.32 Å². The third-order valence-corrected chi connectivity index (χ3v) is 4.10. The van der Waals surface area contributed by atoms with Gasteiger partial charge in [-0.05, 0) is 54.1 Å². The van der Waals surface area contributed by atoms with E-state index in [-0.39, 0.29) is 24.9 Å². The molecule has 0 saturated heterocycles. The molecule has 0 bridgehead atoms. The number of esters is 1. The zero-order valence-electron chi connectivity index (χ0n) is 16.3. The van der Waals surface area contributed by atoms with Crippen molar-refractivity contribution >= 4 is 17.6 Å². The lowest BCUT2D eigenvalue weighted by molar-refractivity contribution is -0.118. The van der Waals surface area contributed by atoms with Crippen LogP contribution in [0.1, 0.15) is 15.9 Å². The smallest absolute Gasteiger partial charge is 0.338 e. The highest BCUT2D eigenvalue weighted by molar-refractivity contribution is 5.92. The Labute approximate surface area is 173 Å². The van der Waals surface area contributed by atoms with Gasteiger partial charge in [0, 0.05) is 11.8 Å². The van der Waals surface area contributed by atoms with Gasteiger partial charge in [0.25, 0.3) is 5.91 Å². The zero-order chi connectivity index (χ0) is 21.3. The fourth-order valence-electron chi connectivity index (χ4n) is 2.55. The van der Waals surface area contributed by atoms with Crippen molar-refractivity contribution in [2.45, 2.75) is 6.61 Å². The summed E-state index contributed by atoms with van der Waals surface area (Å²) in [6.07, 6.45) is 0. The Morgan fingerprint density at radius 2 is 1.67 bits per heavy atom. The number of halogens is 1. The van der Waals surface area contributed by atoms with Crippen molar-refractivity contribution in [3.63, 3.8) is 0 Å². The maximum absolute atomic E-state index is 12.9. The molecule has 0 aliphatic rings. The largest absolute Gasteiger partial charge is 0.497 e. The molecule has 0 spiro atoms. The second-order valence-corrected chi connectivity index (χ2v) is 6.30. The molecular formula is C23H20FNO5. The Morgan fingerprint density at radius 3 is 2.37 bits per heavy atom. The van der Waals surface area contributed by atoms with E-state index in [1.807, 2.05) is 0 Å². The summed E-state index contributed by atoms with van der Waals surface area (Å²) in [7, 11) is 1.55. The summed E-state index contributed by atoms with van der Waals surface area (Å²) < 4.78 is 28.6. The lowest BCUT2D eigenvalue weighted by Gasteiger charge is -2.09. The number of ether oxygens (including phenoxy) is 3. The quantitative estimate of drug-likeness (QED) is 0.564. The summed E-state index contributed by atoms with van der Waals surface area (Å²) in [5, 5.41) is 2.71. The van der Waals surface area contributed by atoms with Crippen LogP contribution in [0.5, 0.6) is 11.5 Å². The average molecular weight is 409 g/mol. The molecule has 30 heavy (non-hydrogen) atoms. The van der Waals surface area contributed by atoms with Crippen molar-refractivity contribution in [3.8, 4) is 11.5 Å². The number of amides is 1. The highest BCUT2D eigenvalue weighted by Gasteiger charge is 2.09. The number of anilines is 1. The molecule has 0 aliphatic carbocycles. The molecule has 1 N–H and O–H groups in total. The Balaban J connectivity index is 1.47. The van der Waals surface area contributed by atoms with Gasteiger partial charge in [0.15, 0.2) is 6.61 Å². The Kier molecular flexibility index (Phi) is 7.00. The summed E-state index contributed by atoms with van der Waals surface area (Å²) >= 11 is 0. The third kappa shape index (κ3) is 6.07. The van der Waals surface area contributed by atoms with Crippen molar-refractivity contribution in [1.29, 1.82) is 0 Å². The van der Waals surface area contributed by atoms with Crippen LogP contribution in [0.25, 0.3) is 0 Å². The molecule has 0 atom stereocenters. The average Bonchev–Trinajstić information content (AvgIpc) is 2.77. The van der Waals surface area contributed by atoms with E-state index in [1.54, 1.807) is 67.8 Å². The number of carbonyl (C=O) groups is 2. The van der Waals surface area contributed by atoms with Crippen LogP contribution in [-0.4, -0.2) is 25.6 Å². The monoisotopic (exact) mass is 409 g/mol. The SMILES string of the molecule is COc1cccc(NC(=O)COc2ccc(C(=O)OCc3ccc(F)cc3)cc2)c1. The van der Waals surface area contributed by atoms with Gasteiger partial charge in [0.1, 0.15) is 23.9 Å². The van der Waals surface area contributed by atoms with Gasteiger partial charge in [0.05, 0.1) is 12.7 Å². The number of methoxy groups -OCH3 is 1. The lowest BCUT2D eigenvalue weighted by Crippen LogP contribution is -2.20. The van der Waals surface area contributed by atoms with Gasteiger partial charge in [-0.15, -0.1) is 0 Å². The Bertz CT molecular complexity index is 1000. The van der Waals surface area contributed by atoms with Gasteiger partial charge in [-0.25, -0.2) is 9.18 Å². The first-order valence-corrected chi connectivity index (χ1v) is 9.12. The van der Waals surface area contributed by atoms with Gasteiger partial charge in [-0.3, -0.25) is 4.79 Å². The zero-order valence-corrected chi connectivity index (χ0v) is 16.3. The number of hydrogen-bond acceptors (Lipinski definition) is 5. The molecule has 3 aromatic carbocycles. The third-order valence-electron chi connectivity index (χ3n) is 4.10. The minimum Gasteiger partial charge on any atom is -0.497 e. The second kappa shape index (κ2) is 10.1. The topological polar surface area (TPSA) is 73.9 Å². The van der Waals surface area contributed by atoms with Gasteiger partial charge >= 0.3 is 5.97 Å². The number of benzene rings is 3. The van der Waals surface area contributed by atoms with Crippen molar-refractivity contribution in [1.82, 2.24) is 0 Å². The van der Waals surface area contributed by atoms with Crippen molar-refractivity contribution in [3.05, 3.63) is 89.7 Å². The molecule has 1 amide bonds. The molecule has 0 aromatic heterocycles. The highest BCUT2D eigenvalue weighted by Crippen LogP contribution is 2.17. The Hall–Kier alpha value is -3.87. The van der Waals surface area contributed by atoms with E-state index in [9.17, 15) is 14.0 Å². The normalized spacial score (nSPS) is 10.2. The van der Waals surface area contributed by atoms with Crippen LogP contribution in [0, 0.1) is 5.82 Å². The molecule has 3 rings (SSSR count). The minimum absolute atomic E-state index is 0.0435. The van der Waals surface area contributed by atoms with Crippen LogP contribution in [0.3, 0.4) is 0 Å². The van der Waals surface area contributed by atoms with Gasteiger partial charge in [-0.1, -0.05) is 18.2 Å². The van der Waals surface area contributed by atoms with Crippen molar-refractivity contribution in [2.24, 2.45) is 0 Å².